The Labute approximate surface area is 184 Å². The largest absolute Gasteiger partial charge is 0.318 e. The van der Waals surface area contributed by atoms with Gasteiger partial charge in [0.2, 0.25) is 0 Å². The summed E-state index contributed by atoms with van der Waals surface area (Å²) in [4.78, 5) is 27.1. The molecule has 1 saturated heterocycles. The molecular formula is C24H20FN3O2S. The summed E-state index contributed by atoms with van der Waals surface area (Å²) >= 11 is 5.25. The Morgan fingerprint density at radius 2 is 1.55 bits per heavy atom. The quantitative estimate of drug-likeness (QED) is 0.379. The molecule has 7 heteroatoms. The van der Waals surface area contributed by atoms with Crippen molar-refractivity contribution >= 4 is 40.9 Å². The maximum atomic E-state index is 13.3. The molecule has 0 saturated carbocycles. The van der Waals surface area contributed by atoms with Crippen molar-refractivity contribution in [2.45, 2.75) is 20.8 Å². The van der Waals surface area contributed by atoms with Crippen LogP contribution in [0.1, 0.15) is 22.5 Å². The minimum Gasteiger partial charge on any atom is -0.318 e. The molecule has 2 aromatic carbocycles. The van der Waals surface area contributed by atoms with E-state index in [4.69, 9.17) is 12.2 Å². The molecule has 3 aromatic rings. The first-order chi connectivity index (χ1) is 14.8. The third-order valence-electron chi connectivity index (χ3n) is 5.25. The van der Waals surface area contributed by atoms with Crippen molar-refractivity contribution in [2.75, 3.05) is 4.90 Å². The van der Waals surface area contributed by atoms with Gasteiger partial charge in [0.25, 0.3) is 11.8 Å². The molecule has 4 rings (SSSR count). The number of hydrogen-bond acceptors (Lipinski definition) is 3. The molecule has 31 heavy (non-hydrogen) atoms. The summed E-state index contributed by atoms with van der Waals surface area (Å²) in [5.41, 5.74) is 4.86. The van der Waals surface area contributed by atoms with Crippen LogP contribution in [0.15, 0.2) is 60.2 Å². The first kappa shape index (κ1) is 20.7. The van der Waals surface area contributed by atoms with E-state index in [1.807, 2.05) is 43.5 Å². The van der Waals surface area contributed by atoms with Gasteiger partial charge < -0.3 is 4.57 Å². The zero-order valence-electron chi connectivity index (χ0n) is 17.3. The number of halogens is 1. The van der Waals surface area contributed by atoms with Crippen molar-refractivity contribution in [3.63, 3.8) is 0 Å². The van der Waals surface area contributed by atoms with Crippen molar-refractivity contribution in [2.24, 2.45) is 0 Å². The summed E-state index contributed by atoms with van der Waals surface area (Å²) in [6.07, 6.45) is 1.57. The second-order valence-electron chi connectivity index (χ2n) is 7.43. The van der Waals surface area contributed by atoms with Gasteiger partial charge in [-0.3, -0.25) is 19.8 Å². The Balaban J connectivity index is 1.75. The van der Waals surface area contributed by atoms with Crippen molar-refractivity contribution in [3.05, 3.63) is 88.5 Å². The summed E-state index contributed by atoms with van der Waals surface area (Å²) in [6.45, 7) is 5.75. The number of nitrogens with one attached hydrogen (secondary N) is 1. The number of thiocarbonyl (C=S) groups is 1. The van der Waals surface area contributed by atoms with Gasteiger partial charge in [-0.25, -0.2) is 4.39 Å². The van der Waals surface area contributed by atoms with Crippen LogP contribution in [-0.4, -0.2) is 21.5 Å². The second-order valence-corrected chi connectivity index (χ2v) is 7.82. The van der Waals surface area contributed by atoms with Crippen LogP contribution in [0, 0.1) is 26.6 Å². The molecule has 0 atom stereocenters. The number of hydrogen-bond donors (Lipinski definition) is 1. The number of nitrogens with zero attached hydrogens (tertiary/aromatic N) is 2. The lowest BCUT2D eigenvalue weighted by Gasteiger charge is -2.29. The Morgan fingerprint density at radius 3 is 2.19 bits per heavy atom. The van der Waals surface area contributed by atoms with E-state index in [0.717, 1.165) is 28.2 Å². The van der Waals surface area contributed by atoms with Crippen molar-refractivity contribution in [3.8, 4) is 5.69 Å². The molecule has 1 aliphatic heterocycles. The molecule has 0 radical (unpaired) electrons. The molecule has 0 spiro atoms. The first-order valence-corrected chi connectivity index (χ1v) is 10.1. The van der Waals surface area contributed by atoms with E-state index >= 15 is 0 Å². The number of carbonyl (C=O) groups is 2. The predicted molar refractivity (Wildman–Crippen MR) is 123 cm³/mol. The van der Waals surface area contributed by atoms with Gasteiger partial charge in [-0.15, -0.1) is 0 Å². The minimum atomic E-state index is -0.537. The van der Waals surface area contributed by atoms with Crippen LogP contribution < -0.4 is 10.2 Å². The van der Waals surface area contributed by atoms with Gasteiger partial charge in [0, 0.05) is 17.1 Å². The molecule has 2 heterocycles. The lowest BCUT2D eigenvalue weighted by molar-refractivity contribution is -0.122. The lowest BCUT2D eigenvalue weighted by Crippen LogP contribution is -2.54. The van der Waals surface area contributed by atoms with Crippen molar-refractivity contribution in [1.82, 2.24) is 9.88 Å². The molecule has 1 aromatic heterocycles. The molecule has 5 nitrogen and oxygen atoms in total. The van der Waals surface area contributed by atoms with Crippen LogP contribution >= 0.6 is 12.2 Å². The first-order valence-electron chi connectivity index (χ1n) is 9.69. The molecule has 2 amide bonds. The molecule has 0 bridgehead atoms. The third kappa shape index (κ3) is 3.80. The van der Waals surface area contributed by atoms with Crippen LogP contribution in [0.3, 0.4) is 0 Å². The van der Waals surface area contributed by atoms with E-state index in [0.29, 0.717) is 5.69 Å². The van der Waals surface area contributed by atoms with E-state index < -0.39 is 11.8 Å². The highest BCUT2D eigenvalue weighted by atomic mass is 32.1. The highest BCUT2D eigenvalue weighted by molar-refractivity contribution is 7.80. The van der Waals surface area contributed by atoms with Gasteiger partial charge in [0.15, 0.2) is 5.11 Å². The number of amides is 2. The lowest BCUT2D eigenvalue weighted by atomic mass is 10.1. The van der Waals surface area contributed by atoms with Gasteiger partial charge in [-0.2, -0.15) is 0 Å². The highest BCUT2D eigenvalue weighted by Gasteiger charge is 2.34. The van der Waals surface area contributed by atoms with Crippen molar-refractivity contribution in [1.29, 1.82) is 0 Å². The molecule has 0 unspecified atom stereocenters. The average Bonchev–Trinajstić information content (AvgIpc) is 3.00. The fraction of sp³-hybridized carbons (Fsp3) is 0.125. The van der Waals surface area contributed by atoms with E-state index in [-0.39, 0.29) is 16.5 Å². The summed E-state index contributed by atoms with van der Waals surface area (Å²) in [7, 11) is 0. The Kier molecular flexibility index (Phi) is 5.29. The molecule has 1 N–H and O–H groups in total. The van der Waals surface area contributed by atoms with Crippen LogP contribution in [0.5, 0.6) is 0 Å². The van der Waals surface area contributed by atoms with Gasteiger partial charge in [-0.1, -0.05) is 17.7 Å². The van der Waals surface area contributed by atoms with E-state index in [2.05, 4.69) is 5.32 Å². The van der Waals surface area contributed by atoms with Gasteiger partial charge in [0.05, 0.1) is 5.69 Å². The number of anilines is 1. The van der Waals surface area contributed by atoms with Crippen LogP contribution in [0.2, 0.25) is 0 Å². The topological polar surface area (TPSA) is 54.3 Å². The van der Waals surface area contributed by atoms with Gasteiger partial charge >= 0.3 is 0 Å². The average molecular weight is 434 g/mol. The Bertz CT molecular complexity index is 1240. The highest BCUT2D eigenvalue weighted by Crippen LogP contribution is 2.26. The summed E-state index contributed by atoms with van der Waals surface area (Å²) < 4.78 is 15.3. The summed E-state index contributed by atoms with van der Waals surface area (Å²) in [6, 6.07) is 15.4. The number of rotatable bonds is 3. The maximum Gasteiger partial charge on any atom is 0.270 e. The normalized spacial score (nSPS) is 15.5. The predicted octanol–water partition coefficient (Wildman–Crippen LogP) is 4.37. The minimum absolute atomic E-state index is 0.00599. The van der Waals surface area contributed by atoms with Gasteiger partial charge in [0.1, 0.15) is 11.4 Å². The van der Waals surface area contributed by atoms with E-state index in [9.17, 15) is 14.0 Å². The summed E-state index contributed by atoms with van der Waals surface area (Å²) in [5.74, 6) is -1.33. The maximum absolute atomic E-state index is 13.3. The number of aromatic nitrogens is 1. The van der Waals surface area contributed by atoms with Crippen LogP contribution in [0.25, 0.3) is 11.8 Å². The SMILES string of the molecule is Cc1ccc(N2C(=O)/C(=C\c3cc(C)n(-c4ccc(F)cc4)c3C)C(=O)NC2=S)cc1. The standard InChI is InChI=1S/C24H20FN3O2S/c1-14-4-8-20(9-5-14)28-23(30)21(22(29)26-24(28)31)13-17-12-15(2)27(16(17)3)19-10-6-18(25)7-11-19/h4-13H,1-3H3,(H,26,29,31)/b21-13-. The number of aryl methyl sites for hydroxylation is 2. The molecule has 1 fully saturated rings. The number of carbonyl (C=O) groups excluding carboxylic acids is 2. The fourth-order valence-corrected chi connectivity index (χ4v) is 3.94. The fourth-order valence-electron chi connectivity index (χ4n) is 3.66. The van der Waals surface area contributed by atoms with E-state index in [1.165, 1.54) is 17.0 Å². The Hall–Kier alpha value is -3.58. The monoisotopic (exact) mass is 433 g/mol. The smallest absolute Gasteiger partial charge is 0.270 e. The van der Waals surface area contributed by atoms with Gasteiger partial charge in [-0.05, 0) is 87.1 Å². The van der Waals surface area contributed by atoms with E-state index in [1.54, 1.807) is 30.3 Å². The molecule has 156 valence electrons. The molecule has 1 aliphatic rings. The van der Waals surface area contributed by atoms with Crippen LogP contribution in [0.4, 0.5) is 10.1 Å². The third-order valence-corrected chi connectivity index (χ3v) is 5.53. The Morgan fingerprint density at radius 1 is 0.935 bits per heavy atom. The van der Waals surface area contributed by atoms with Crippen LogP contribution in [-0.2, 0) is 9.59 Å². The number of benzene rings is 2. The summed E-state index contributed by atoms with van der Waals surface area (Å²) in [5, 5.41) is 2.65. The molecule has 0 aliphatic carbocycles. The zero-order chi connectivity index (χ0) is 22.3. The zero-order valence-corrected chi connectivity index (χ0v) is 18.1. The van der Waals surface area contributed by atoms with Crippen molar-refractivity contribution < 1.29 is 14.0 Å². The molecular weight excluding hydrogens is 413 g/mol. The second kappa shape index (κ2) is 7.92.